The summed E-state index contributed by atoms with van der Waals surface area (Å²) in [6.07, 6.45) is 1.39. The number of nitrogens with one attached hydrogen (secondary N) is 1. The van der Waals surface area contributed by atoms with Crippen molar-refractivity contribution >= 4 is 16.8 Å². The molecule has 0 saturated carbocycles. The van der Waals surface area contributed by atoms with Gasteiger partial charge < -0.3 is 4.98 Å². The Bertz CT molecular complexity index is 583. The van der Waals surface area contributed by atoms with Crippen LogP contribution in [-0.4, -0.2) is 10.9 Å². The van der Waals surface area contributed by atoms with Crippen LogP contribution in [-0.2, 0) is 0 Å². The first-order chi connectivity index (χ1) is 7.22. The quantitative estimate of drug-likeness (QED) is 0.432. The van der Waals surface area contributed by atoms with Crippen molar-refractivity contribution in [2.75, 3.05) is 0 Å². The van der Waals surface area contributed by atoms with E-state index in [9.17, 15) is 9.18 Å². The molecule has 0 fully saturated rings. The number of carbonyl (C=O) groups is 1. The molecule has 1 heterocycles. The van der Waals surface area contributed by atoms with E-state index in [0.717, 1.165) is 0 Å². The van der Waals surface area contributed by atoms with E-state index < -0.39 is 11.7 Å². The number of hydrogen-bond donors (Lipinski definition) is 1. The lowest BCUT2D eigenvalue weighted by Gasteiger charge is -1.92. The average molecular weight is 204 g/mol. The summed E-state index contributed by atoms with van der Waals surface area (Å²) in [5.41, 5.74) is 8.85. The number of fused-ring (bicyclic) bond motifs is 1. The zero-order valence-corrected chi connectivity index (χ0v) is 7.44. The molecule has 15 heavy (non-hydrogen) atoms. The predicted octanol–water partition coefficient (Wildman–Crippen LogP) is 2.76. The molecule has 5 nitrogen and oxygen atoms in total. The Hall–Kier alpha value is -2.33. The van der Waals surface area contributed by atoms with E-state index in [1.807, 2.05) is 0 Å². The highest BCUT2D eigenvalue weighted by Gasteiger charge is 2.10. The summed E-state index contributed by atoms with van der Waals surface area (Å²) in [4.78, 5) is 16.4. The minimum absolute atomic E-state index is 0.239. The minimum atomic E-state index is -0.685. The van der Waals surface area contributed by atoms with Crippen LogP contribution in [0.4, 0.5) is 4.39 Å². The maximum atomic E-state index is 12.8. The molecule has 1 N–H and O–H groups in total. The number of aromatic amines is 1. The van der Waals surface area contributed by atoms with Gasteiger partial charge in [0, 0.05) is 27.6 Å². The molecule has 1 aromatic carbocycles. The van der Waals surface area contributed by atoms with Crippen LogP contribution >= 0.6 is 0 Å². The van der Waals surface area contributed by atoms with Crippen molar-refractivity contribution in [1.82, 2.24) is 4.98 Å². The van der Waals surface area contributed by atoms with Crippen molar-refractivity contribution in [3.63, 3.8) is 0 Å². The molecule has 0 saturated heterocycles. The summed E-state index contributed by atoms with van der Waals surface area (Å²) in [7, 11) is 0. The molecule has 1 aromatic heterocycles. The van der Waals surface area contributed by atoms with Gasteiger partial charge in [-0.2, -0.15) is 0 Å². The van der Waals surface area contributed by atoms with Crippen molar-refractivity contribution in [1.29, 1.82) is 0 Å². The standard InChI is InChI=1S/C9H5FN4O/c10-5-1-2-6-7(9(15)13-14-11)4-12-8(6)3-5/h1-4,12H. The summed E-state index contributed by atoms with van der Waals surface area (Å²) in [6, 6.07) is 3.96. The fraction of sp³-hybridized carbons (Fsp3) is 0. The first kappa shape index (κ1) is 9.23. The van der Waals surface area contributed by atoms with Gasteiger partial charge in [-0.3, -0.25) is 4.79 Å². The number of aromatic nitrogens is 1. The van der Waals surface area contributed by atoms with Crippen molar-refractivity contribution in [2.24, 2.45) is 5.11 Å². The number of rotatable bonds is 1. The number of azide groups is 1. The maximum Gasteiger partial charge on any atom is 0.251 e. The predicted molar refractivity (Wildman–Crippen MR) is 51.7 cm³/mol. The summed E-state index contributed by atoms with van der Waals surface area (Å²) in [5.74, 6) is -1.08. The monoisotopic (exact) mass is 204 g/mol. The van der Waals surface area contributed by atoms with Gasteiger partial charge in [-0.25, -0.2) is 4.39 Å². The minimum Gasteiger partial charge on any atom is -0.360 e. The molecule has 2 aromatic rings. The SMILES string of the molecule is [N-]=[N+]=NC(=O)c1c[nH]c2cc(F)ccc12. The van der Waals surface area contributed by atoms with Crippen LogP contribution in [0.3, 0.4) is 0 Å². The number of amides is 1. The van der Waals surface area contributed by atoms with E-state index in [-0.39, 0.29) is 5.56 Å². The molecule has 0 aliphatic heterocycles. The second kappa shape index (κ2) is 3.43. The molecule has 0 aliphatic rings. The van der Waals surface area contributed by atoms with Crippen LogP contribution in [0.1, 0.15) is 10.4 Å². The molecule has 0 spiro atoms. The van der Waals surface area contributed by atoms with Gasteiger partial charge in [0.2, 0.25) is 0 Å². The van der Waals surface area contributed by atoms with E-state index >= 15 is 0 Å². The van der Waals surface area contributed by atoms with Gasteiger partial charge in [-0.1, -0.05) is 0 Å². The second-order valence-corrected chi connectivity index (χ2v) is 2.89. The number of nitrogens with zero attached hydrogens (tertiary/aromatic N) is 3. The maximum absolute atomic E-state index is 12.8. The van der Waals surface area contributed by atoms with Gasteiger partial charge in [0.05, 0.1) is 0 Å². The Balaban J connectivity index is 2.63. The first-order valence-corrected chi connectivity index (χ1v) is 4.08. The number of hydrogen-bond acceptors (Lipinski definition) is 1. The molecular weight excluding hydrogens is 199 g/mol. The Morgan fingerprint density at radius 2 is 2.33 bits per heavy atom. The number of H-pyrrole nitrogens is 1. The highest BCUT2D eigenvalue weighted by Crippen LogP contribution is 2.19. The van der Waals surface area contributed by atoms with E-state index in [1.165, 1.54) is 24.4 Å². The Labute approximate surface area is 83.1 Å². The molecule has 1 amide bonds. The molecule has 0 aliphatic carbocycles. The summed E-state index contributed by atoms with van der Waals surface area (Å²) in [6.45, 7) is 0. The molecule has 0 unspecified atom stereocenters. The largest absolute Gasteiger partial charge is 0.360 e. The van der Waals surface area contributed by atoms with Gasteiger partial charge in [-0.05, 0) is 28.8 Å². The first-order valence-electron chi connectivity index (χ1n) is 4.08. The molecule has 0 atom stereocenters. The molecule has 74 valence electrons. The number of benzene rings is 1. The Morgan fingerprint density at radius 1 is 1.53 bits per heavy atom. The van der Waals surface area contributed by atoms with Crippen LogP contribution in [0.25, 0.3) is 21.3 Å². The molecule has 2 rings (SSSR count). The Morgan fingerprint density at radius 3 is 3.07 bits per heavy atom. The fourth-order valence-electron chi connectivity index (χ4n) is 1.37. The third-order valence-electron chi connectivity index (χ3n) is 2.01. The van der Waals surface area contributed by atoms with E-state index in [4.69, 9.17) is 5.53 Å². The van der Waals surface area contributed by atoms with Crippen LogP contribution in [0.15, 0.2) is 29.5 Å². The van der Waals surface area contributed by atoms with E-state index in [2.05, 4.69) is 15.0 Å². The molecule has 6 heteroatoms. The lowest BCUT2D eigenvalue weighted by atomic mass is 10.1. The van der Waals surface area contributed by atoms with Crippen molar-refractivity contribution < 1.29 is 9.18 Å². The second-order valence-electron chi connectivity index (χ2n) is 2.89. The van der Waals surface area contributed by atoms with Gasteiger partial charge in [0.25, 0.3) is 5.91 Å². The van der Waals surface area contributed by atoms with Gasteiger partial charge in [0.1, 0.15) is 5.82 Å². The summed E-state index contributed by atoms with van der Waals surface area (Å²) in [5, 5.41) is 3.50. The summed E-state index contributed by atoms with van der Waals surface area (Å²) < 4.78 is 12.8. The zero-order valence-electron chi connectivity index (χ0n) is 7.44. The third kappa shape index (κ3) is 1.53. The van der Waals surface area contributed by atoms with Crippen LogP contribution < -0.4 is 0 Å². The van der Waals surface area contributed by atoms with Gasteiger partial charge >= 0.3 is 0 Å². The summed E-state index contributed by atoms with van der Waals surface area (Å²) >= 11 is 0. The van der Waals surface area contributed by atoms with Crippen LogP contribution in [0.5, 0.6) is 0 Å². The van der Waals surface area contributed by atoms with Crippen LogP contribution in [0.2, 0.25) is 0 Å². The van der Waals surface area contributed by atoms with Gasteiger partial charge in [0.15, 0.2) is 0 Å². The Kier molecular flexibility index (Phi) is 2.11. The van der Waals surface area contributed by atoms with E-state index in [0.29, 0.717) is 10.9 Å². The fourth-order valence-corrected chi connectivity index (χ4v) is 1.37. The lowest BCUT2D eigenvalue weighted by molar-refractivity contribution is 0.100. The third-order valence-corrected chi connectivity index (χ3v) is 2.01. The van der Waals surface area contributed by atoms with Crippen molar-refractivity contribution in [2.45, 2.75) is 0 Å². The van der Waals surface area contributed by atoms with Crippen molar-refractivity contribution in [3.8, 4) is 0 Å². The number of halogens is 1. The highest BCUT2D eigenvalue weighted by atomic mass is 19.1. The average Bonchev–Trinajstić information content (AvgIpc) is 2.60. The number of carbonyl (C=O) groups excluding carboxylic acids is 1. The lowest BCUT2D eigenvalue weighted by Crippen LogP contribution is -1.90. The normalized spacial score (nSPS) is 9.93. The van der Waals surface area contributed by atoms with Crippen LogP contribution in [0, 0.1) is 5.82 Å². The topological polar surface area (TPSA) is 81.6 Å². The molecule has 0 bridgehead atoms. The highest BCUT2D eigenvalue weighted by molar-refractivity contribution is 6.07. The smallest absolute Gasteiger partial charge is 0.251 e. The van der Waals surface area contributed by atoms with Crippen molar-refractivity contribution in [3.05, 3.63) is 46.2 Å². The van der Waals surface area contributed by atoms with E-state index in [1.54, 1.807) is 0 Å². The zero-order chi connectivity index (χ0) is 10.8. The molecular formula is C9H5FN4O. The van der Waals surface area contributed by atoms with Gasteiger partial charge in [-0.15, -0.1) is 0 Å². The molecule has 0 radical (unpaired) electrons.